The third-order valence-corrected chi connectivity index (χ3v) is 5.30. The SMILES string of the molecule is COc1ccc(/C(O)=C2/C(=O)C(=O)N(c3ccc(Cl)cc3)C2c2ccco2)c(C)c1. The minimum absolute atomic E-state index is 0.0434. The van der Waals surface area contributed by atoms with Gasteiger partial charge in [-0.25, -0.2) is 0 Å². The van der Waals surface area contributed by atoms with Gasteiger partial charge in [0.25, 0.3) is 11.7 Å². The molecule has 1 aromatic heterocycles. The zero-order valence-electron chi connectivity index (χ0n) is 16.3. The Balaban J connectivity index is 1.92. The average Bonchev–Trinajstić information content (AvgIpc) is 3.35. The first-order valence-electron chi connectivity index (χ1n) is 9.17. The number of carbonyl (C=O) groups is 2. The van der Waals surface area contributed by atoms with Crippen molar-refractivity contribution in [1.82, 2.24) is 0 Å². The van der Waals surface area contributed by atoms with Crippen molar-refractivity contribution in [2.45, 2.75) is 13.0 Å². The molecule has 1 amide bonds. The number of rotatable bonds is 4. The van der Waals surface area contributed by atoms with Crippen LogP contribution in [0, 0.1) is 6.92 Å². The molecule has 0 spiro atoms. The summed E-state index contributed by atoms with van der Waals surface area (Å²) in [4.78, 5) is 27.3. The minimum Gasteiger partial charge on any atom is -0.507 e. The van der Waals surface area contributed by atoms with Crippen molar-refractivity contribution < 1.29 is 23.8 Å². The molecule has 7 heteroatoms. The molecule has 4 rings (SSSR count). The second-order valence-corrected chi connectivity index (χ2v) is 7.28. The Morgan fingerprint density at radius 3 is 2.47 bits per heavy atom. The Hall–Kier alpha value is -3.51. The Kier molecular flexibility index (Phi) is 5.10. The Labute approximate surface area is 177 Å². The van der Waals surface area contributed by atoms with E-state index in [1.54, 1.807) is 68.6 Å². The van der Waals surface area contributed by atoms with Gasteiger partial charge in [-0.1, -0.05) is 11.6 Å². The topological polar surface area (TPSA) is 80.0 Å². The quantitative estimate of drug-likeness (QED) is 0.367. The number of nitrogens with zero attached hydrogens (tertiary/aromatic N) is 1. The molecule has 1 fully saturated rings. The van der Waals surface area contributed by atoms with Gasteiger partial charge in [-0.15, -0.1) is 0 Å². The molecule has 1 N–H and O–H groups in total. The van der Waals surface area contributed by atoms with Gasteiger partial charge in [0.05, 0.1) is 18.9 Å². The molecule has 1 atom stereocenters. The largest absolute Gasteiger partial charge is 0.507 e. The van der Waals surface area contributed by atoms with Gasteiger partial charge in [0.1, 0.15) is 23.3 Å². The Morgan fingerprint density at radius 2 is 1.87 bits per heavy atom. The van der Waals surface area contributed by atoms with Crippen LogP contribution in [0.3, 0.4) is 0 Å². The van der Waals surface area contributed by atoms with Crippen molar-refractivity contribution in [3.8, 4) is 5.75 Å². The van der Waals surface area contributed by atoms with Crippen LogP contribution in [-0.4, -0.2) is 23.9 Å². The van der Waals surface area contributed by atoms with E-state index in [0.717, 1.165) is 0 Å². The summed E-state index contributed by atoms with van der Waals surface area (Å²) >= 11 is 5.97. The summed E-state index contributed by atoms with van der Waals surface area (Å²) in [6.07, 6.45) is 1.45. The van der Waals surface area contributed by atoms with Crippen molar-refractivity contribution in [1.29, 1.82) is 0 Å². The molecule has 0 bridgehead atoms. The molecule has 0 radical (unpaired) electrons. The van der Waals surface area contributed by atoms with Crippen LogP contribution < -0.4 is 9.64 Å². The number of hydrogen-bond acceptors (Lipinski definition) is 5. The minimum atomic E-state index is -0.914. The van der Waals surface area contributed by atoms with Gasteiger partial charge in [-0.3, -0.25) is 14.5 Å². The van der Waals surface area contributed by atoms with Gasteiger partial charge < -0.3 is 14.3 Å². The first-order valence-corrected chi connectivity index (χ1v) is 9.55. The number of furan rings is 1. The number of hydrogen-bond donors (Lipinski definition) is 1. The van der Waals surface area contributed by atoms with E-state index in [-0.39, 0.29) is 11.3 Å². The average molecular weight is 424 g/mol. The second-order valence-electron chi connectivity index (χ2n) is 6.84. The first kappa shape index (κ1) is 19.8. The summed E-state index contributed by atoms with van der Waals surface area (Å²) in [6, 6.07) is 14.0. The smallest absolute Gasteiger partial charge is 0.300 e. The molecule has 30 heavy (non-hydrogen) atoms. The second kappa shape index (κ2) is 7.72. The van der Waals surface area contributed by atoms with Gasteiger partial charge in [0, 0.05) is 16.3 Å². The molecule has 2 heterocycles. The normalized spacial score (nSPS) is 18.1. The molecule has 3 aromatic rings. The molecule has 152 valence electrons. The number of carbonyl (C=O) groups excluding carboxylic acids is 2. The maximum atomic E-state index is 13.0. The molecule has 1 aliphatic heterocycles. The Morgan fingerprint density at radius 1 is 1.13 bits per heavy atom. The fraction of sp³-hybridized carbons (Fsp3) is 0.130. The van der Waals surface area contributed by atoms with Crippen molar-refractivity contribution in [3.63, 3.8) is 0 Å². The maximum absolute atomic E-state index is 13.0. The number of ether oxygens (including phenoxy) is 1. The van der Waals surface area contributed by atoms with Gasteiger partial charge in [0.15, 0.2) is 0 Å². The number of aryl methyl sites for hydroxylation is 1. The van der Waals surface area contributed by atoms with Gasteiger partial charge in [-0.05, 0) is 67.1 Å². The fourth-order valence-electron chi connectivity index (χ4n) is 3.59. The first-order chi connectivity index (χ1) is 14.4. The standard InChI is InChI=1S/C23H18ClNO5/c1-13-12-16(29-2)9-10-17(13)21(26)19-20(18-4-3-11-30-18)25(23(28)22(19)27)15-7-5-14(24)6-8-15/h3-12,20,26H,1-2H3/b21-19-. The maximum Gasteiger partial charge on any atom is 0.300 e. The fourth-order valence-corrected chi connectivity index (χ4v) is 3.72. The molecule has 0 saturated carbocycles. The lowest BCUT2D eigenvalue weighted by molar-refractivity contribution is -0.132. The molecule has 1 unspecified atom stereocenters. The van der Waals surface area contributed by atoms with E-state index in [4.69, 9.17) is 20.8 Å². The number of aliphatic hydroxyl groups excluding tert-OH is 1. The predicted molar refractivity (Wildman–Crippen MR) is 113 cm³/mol. The van der Waals surface area contributed by atoms with Crippen molar-refractivity contribution in [2.24, 2.45) is 0 Å². The summed E-state index contributed by atoms with van der Waals surface area (Å²) in [5, 5.41) is 11.6. The van der Waals surface area contributed by atoms with Crippen LogP contribution in [0.5, 0.6) is 5.75 Å². The molecule has 2 aromatic carbocycles. The van der Waals surface area contributed by atoms with Crippen LogP contribution in [-0.2, 0) is 9.59 Å². The molecule has 1 aliphatic rings. The number of aliphatic hydroxyl groups is 1. The van der Waals surface area contributed by atoms with Crippen molar-refractivity contribution >= 4 is 34.7 Å². The third kappa shape index (κ3) is 3.25. The van der Waals surface area contributed by atoms with E-state index in [1.807, 2.05) is 0 Å². The van der Waals surface area contributed by atoms with E-state index >= 15 is 0 Å². The summed E-state index contributed by atoms with van der Waals surface area (Å²) in [5.74, 6) is -0.845. The van der Waals surface area contributed by atoms with Crippen molar-refractivity contribution in [2.75, 3.05) is 12.0 Å². The van der Waals surface area contributed by atoms with Crippen molar-refractivity contribution in [3.05, 3.63) is 88.3 Å². The molecule has 0 aliphatic carbocycles. The van der Waals surface area contributed by atoms with E-state index in [0.29, 0.717) is 33.3 Å². The van der Waals surface area contributed by atoms with E-state index in [9.17, 15) is 14.7 Å². The highest BCUT2D eigenvalue weighted by molar-refractivity contribution is 6.51. The number of benzene rings is 2. The lowest BCUT2D eigenvalue weighted by Gasteiger charge is -2.23. The summed E-state index contributed by atoms with van der Waals surface area (Å²) in [7, 11) is 1.54. The van der Waals surface area contributed by atoms with Crippen LogP contribution >= 0.6 is 11.6 Å². The van der Waals surface area contributed by atoms with E-state index in [1.165, 1.54) is 11.2 Å². The van der Waals surface area contributed by atoms with E-state index < -0.39 is 17.7 Å². The van der Waals surface area contributed by atoms with Crippen LogP contribution in [0.15, 0.2) is 70.9 Å². The van der Waals surface area contributed by atoms with Crippen LogP contribution in [0.1, 0.15) is 22.9 Å². The molecular formula is C23H18ClNO5. The summed E-state index contributed by atoms with van der Waals surface area (Å²) < 4.78 is 10.7. The van der Waals surface area contributed by atoms with Gasteiger partial charge >= 0.3 is 0 Å². The summed E-state index contributed by atoms with van der Waals surface area (Å²) in [6.45, 7) is 1.79. The Bertz CT molecular complexity index is 1150. The highest BCUT2D eigenvalue weighted by Gasteiger charge is 2.48. The van der Waals surface area contributed by atoms with Crippen LogP contribution in [0.2, 0.25) is 5.02 Å². The third-order valence-electron chi connectivity index (χ3n) is 5.05. The summed E-state index contributed by atoms with van der Waals surface area (Å²) in [5.41, 5.74) is 1.55. The van der Waals surface area contributed by atoms with Crippen LogP contribution in [0.25, 0.3) is 5.76 Å². The molecule has 1 saturated heterocycles. The highest BCUT2D eigenvalue weighted by atomic mass is 35.5. The highest BCUT2D eigenvalue weighted by Crippen LogP contribution is 2.43. The molecular weight excluding hydrogens is 406 g/mol. The van der Waals surface area contributed by atoms with E-state index in [2.05, 4.69) is 0 Å². The van der Waals surface area contributed by atoms with Gasteiger partial charge in [-0.2, -0.15) is 0 Å². The monoisotopic (exact) mass is 423 g/mol. The lowest BCUT2D eigenvalue weighted by Crippen LogP contribution is -2.29. The lowest BCUT2D eigenvalue weighted by atomic mass is 9.97. The predicted octanol–water partition coefficient (Wildman–Crippen LogP) is 4.88. The number of ketones is 1. The molecule has 6 nitrogen and oxygen atoms in total. The van der Waals surface area contributed by atoms with Crippen LogP contribution in [0.4, 0.5) is 5.69 Å². The zero-order valence-corrected chi connectivity index (χ0v) is 17.0. The number of methoxy groups -OCH3 is 1. The number of Topliss-reactive ketones (excluding diaryl/α,β-unsaturated/α-hetero) is 1. The number of halogens is 1. The number of anilines is 1. The zero-order chi connectivity index (χ0) is 21.4. The number of amides is 1. The van der Waals surface area contributed by atoms with Gasteiger partial charge in [0.2, 0.25) is 0 Å².